The number of hydrogen-bond acceptors (Lipinski definition) is 7. The lowest BCUT2D eigenvalue weighted by Crippen LogP contribution is -2.42. The monoisotopic (exact) mass is 455 g/mol. The van der Waals surface area contributed by atoms with Crippen molar-refractivity contribution in [2.45, 2.75) is 26.7 Å². The Labute approximate surface area is 188 Å². The summed E-state index contributed by atoms with van der Waals surface area (Å²) in [6.07, 6.45) is 0.395. The van der Waals surface area contributed by atoms with E-state index in [-0.39, 0.29) is 11.4 Å². The third kappa shape index (κ3) is 4.86. The fourth-order valence-electron chi connectivity index (χ4n) is 3.27. The van der Waals surface area contributed by atoms with Crippen molar-refractivity contribution in [2.24, 2.45) is 20.0 Å². The maximum Gasteiger partial charge on any atom is 0.332 e. The Bertz CT molecular complexity index is 1290. The molecule has 32 heavy (non-hydrogen) atoms. The maximum atomic E-state index is 12.6. The molecule has 0 radical (unpaired) electrons. The predicted octanol–water partition coefficient (Wildman–Crippen LogP) is 2.20. The number of benzene rings is 1. The molecule has 0 atom stereocenters. The second kappa shape index (κ2) is 9.31. The molecule has 0 fully saturated rings. The molecular weight excluding hydrogens is 430 g/mol. The summed E-state index contributed by atoms with van der Waals surface area (Å²) in [4.78, 5) is 53.5. The third-order valence-corrected chi connectivity index (χ3v) is 5.71. The van der Waals surface area contributed by atoms with Gasteiger partial charge in [0.15, 0.2) is 10.9 Å². The Kier molecular flexibility index (Phi) is 6.73. The van der Waals surface area contributed by atoms with Gasteiger partial charge >= 0.3 is 5.69 Å². The van der Waals surface area contributed by atoms with E-state index in [0.29, 0.717) is 16.7 Å². The number of nitrogens with two attached hydrogens (primary N) is 1. The molecule has 0 bridgehead atoms. The first-order valence-corrected chi connectivity index (χ1v) is 10.9. The quantitative estimate of drug-likeness (QED) is 0.415. The molecule has 3 N–H and O–H groups in total. The number of rotatable bonds is 7. The summed E-state index contributed by atoms with van der Waals surface area (Å²) in [6.45, 7) is 4.33. The summed E-state index contributed by atoms with van der Waals surface area (Å²) in [5.41, 5.74) is 6.79. The predicted molar refractivity (Wildman–Crippen MR) is 125 cm³/mol. The highest BCUT2D eigenvalue weighted by molar-refractivity contribution is 7.14. The molecule has 3 aromatic rings. The number of nitrogens with one attached hydrogen (secondary N) is 1. The number of nitrogen functional groups attached to an aromatic ring is 1. The number of hydrogen-bond donors (Lipinski definition) is 2. The zero-order chi connectivity index (χ0) is 23.6. The van der Waals surface area contributed by atoms with Crippen LogP contribution in [0, 0.1) is 5.92 Å². The van der Waals surface area contributed by atoms with Crippen LogP contribution in [-0.4, -0.2) is 25.8 Å². The minimum absolute atomic E-state index is 0.270. The second-order valence-corrected chi connectivity index (χ2v) is 8.81. The summed E-state index contributed by atoms with van der Waals surface area (Å²) in [6, 6.07) is 8.09. The Balaban J connectivity index is 1.70. The number of carbonyl (C=O) groups excluding carboxylic acids is 2. The molecule has 0 unspecified atom stereocenters. The Morgan fingerprint density at radius 1 is 1.12 bits per heavy atom. The van der Waals surface area contributed by atoms with E-state index in [1.54, 1.807) is 0 Å². The summed E-state index contributed by atoms with van der Waals surface area (Å²) in [5, 5.41) is 4.73. The molecule has 0 aliphatic rings. The van der Waals surface area contributed by atoms with Gasteiger partial charge in [0.1, 0.15) is 11.4 Å². The smallest absolute Gasteiger partial charge is 0.332 e. The van der Waals surface area contributed by atoms with E-state index >= 15 is 0 Å². The van der Waals surface area contributed by atoms with Crippen LogP contribution in [0.4, 0.5) is 10.9 Å². The van der Waals surface area contributed by atoms with E-state index in [2.05, 4.69) is 36.3 Å². The number of amides is 1. The lowest BCUT2D eigenvalue weighted by molar-refractivity contribution is -0.115. The van der Waals surface area contributed by atoms with Crippen LogP contribution in [0.5, 0.6) is 0 Å². The van der Waals surface area contributed by atoms with Crippen molar-refractivity contribution in [3.8, 4) is 11.3 Å². The molecule has 0 spiro atoms. The van der Waals surface area contributed by atoms with E-state index in [4.69, 9.17) is 5.73 Å². The number of Topliss-reactive ketones (excluding diaryl/α,β-unsaturated/α-hetero) is 1. The lowest BCUT2D eigenvalue weighted by Gasteiger charge is -2.10. The maximum absolute atomic E-state index is 12.6. The largest absolute Gasteiger partial charge is 0.384 e. The van der Waals surface area contributed by atoms with Gasteiger partial charge in [-0.2, -0.15) is 0 Å². The summed E-state index contributed by atoms with van der Waals surface area (Å²) in [5.74, 6) is -1.10. The van der Waals surface area contributed by atoms with Crippen LogP contribution in [0.3, 0.4) is 0 Å². The molecule has 10 heteroatoms. The minimum Gasteiger partial charge on any atom is -0.384 e. The first kappa shape index (κ1) is 23.1. The Morgan fingerprint density at radius 2 is 1.78 bits per heavy atom. The van der Waals surface area contributed by atoms with Gasteiger partial charge in [-0.15, -0.1) is 11.3 Å². The Hall–Kier alpha value is -3.53. The van der Waals surface area contributed by atoms with Crippen molar-refractivity contribution in [3.05, 3.63) is 61.6 Å². The molecule has 3 rings (SSSR count). The van der Waals surface area contributed by atoms with Gasteiger partial charge in [0.2, 0.25) is 5.91 Å². The number of thiazole rings is 1. The van der Waals surface area contributed by atoms with Crippen molar-refractivity contribution in [1.82, 2.24) is 14.1 Å². The molecule has 2 aromatic heterocycles. The first-order valence-electron chi connectivity index (χ1n) is 10.0. The Morgan fingerprint density at radius 3 is 2.41 bits per heavy atom. The molecule has 0 saturated heterocycles. The van der Waals surface area contributed by atoms with Crippen molar-refractivity contribution in [1.29, 1.82) is 0 Å². The van der Waals surface area contributed by atoms with Gasteiger partial charge in [-0.1, -0.05) is 38.1 Å². The van der Waals surface area contributed by atoms with Gasteiger partial charge in [-0.3, -0.25) is 23.5 Å². The zero-order valence-electron chi connectivity index (χ0n) is 18.3. The highest BCUT2D eigenvalue weighted by Gasteiger charge is 2.22. The molecule has 168 valence electrons. The van der Waals surface area contributed by atoms with Crippen molar-refractivity contribution < 1.29 is 9.59 Å². The molecule has 2 heterocycles. The summed E-state index contributed by atoms with van der Waals surface area (Å²) in [7, 11) is 2.59. The van der Waals surface area contributed by atoms with Gasteiger partial charge in [0.05, 0.1) is 12.1 Å². The van der Waals surface area contributed by atoms with Crippen LogP contribution in [0.15, 0.2) is 39.2 Å². The zero-order valence-corrected chi connectivity index (χ0v) is 19.2. The standard InChI is InChI=1S/C22H25N5O4S/c1-12(2)9-13-5-7-14(8-6-13)15-11-32-21(24-15)25-17(29)10-16(28)18-19(23)26(3)22(31)27(4)20(18)30/h5-8,11-12H,9-10,23H2,1-4H3,(H,24,25,29). The second-order valence-electron chi connectivity index (χ2n) is 7.95. The number of anilines is 2. The average Bonchev–Trinajstić information content (AvgIpc) is 3.19. The van der Waals surface area contributed by atoms with E-state index in [1.807, 2.05) is 17.5 Å². The SMILES string of the molecule is CC(C)Cc1ccc(-c2csc(NC(=O)CC(=O)c3c(N)n(C)c(=O)n(C)c3=O)n2)cc1. The molecule has 0 aliphatic carbocycles. The van der Waals surface area contributed by atoms with Crippen LogP contribution in [-0.2, 0) is 25.3 Å². The molecule has 1 aromatic carbocycles. The number of nitrogens with zero attached hydrogens (tertiary/aromatic N) is 3. The van der Waals surface area contributed by atoms with Crippen LogP contribution in [0.25, 0.3) is 11.3 Å². The minimum atomic E-state index is -0.833. The molecule has 1 amide bonds. The van der Waals surface area contributed by atoms with E-state index in [1.165, 1.54) is 31.0 Å². The number of ketones is 1. The van der Waals surface area contributed by atoms with Gasteiger partial charge in [-0.25, -0.2) is 9.78 Å². The van der Waals surface area contributed by atoms with Crippen LogP contribution in [0.2, 0.25) is 0 Å². The highest BCUT2D eigenvalue weighted by Crippen LogP contribution is 2.25. The third-order valence-electron chi connectivity index (χ3n) is 4.95. The van der Waals surface area contributed by atoms with Crippen LogP contribution in [0.1, 0.15) is 36.2 Å². The van der Waals surface area contributed by atoms with Crippen molar-refractivity contribution in [3.63, 3.8) is 0 Å². The normalized spacial score (nSPS) is 11.0. The van der Waals surface area contributed by atoms with Crippen molar-refractivity contribution >= 4 is 34.0 Å². The van der Waals surface area contributed by atoms with Crippen LogP contribution < -0.4 is 22.3 Å². The lowest BCUT2D eigenvalue weighted by atomic mass is 10.0. The van der Waals surface area contributed by atoms with Gasteiger partial charge in [-0.05, 0) is 17.9 Å². The van der Waals surface area contributed by atoms with E-state index in [0.717, 1.165) is 21.1 Å². The molecule has 0 aliphatic heterocycles. The van der Waals surface area contributed by atoms with Gasteiger partial charge in [0, 0.05) is 25.0 Å². The molecule has 9 nitrogen and oxygen atoms in total. The van der Waals surface area contributed by atoms with Gasteiger partial charge in [0.25, 0.3) is 5.56 Å². The van der Waals surface area contributed by atoms with Gasteiger partial charge < -0.3 is 11.1 Å². The van der Waals surface area contributed by atoms with Crippen LogP contribution >= 0.6 is 11.3 Å². The van der Waals surface area contributed by atoms with E-state index < -0.39 is 29.4 Å². The first-order chi connectivity index (χ1) is 15.1. The fraction of sp³-hybridized carbons (Fsp3) is 0.318. The topological polar surface area (TPSA) is 129 Å². The average molecular weight is 456 g/mol. The molecular formula is C22H25N5O4S. The summed E-state index contributed by atoms with van der Waals surface area (Å²) >= 11 is 1.23. The number of aromatic nitrogens is 3. The highest BCUT2D eigenvalue weighted by atomic mass is 32.1. The van der Waals surface area contributed by atoms with Crippen molar-refractivity contribution in [2.75, 3.05) is 11.1 Å². The van der Waals surface area contributed by atoms with E-state index in [9.17, 15) is 19.2 Å². The number of carbonyl (C=O) groups is 2. The fourth-order valence-corrected chi connectivity index (χ4v) is 4.00. The molecule has 0 saturated carbocycles. The summed E-state index contributed by atoms with van der Waals surface area (Å²) < 4.78 is 1.77.